The molecule has 3 N–H and O–H groups in total. The molecule has 0 saturated heterocycles. The number of hydrogen-bond donors (Lipinski definition) is 3. The normalized spacial score (nSPS) is 10.1. The molecule has 4 nitrogen and oxygen atoms in total. The molecule has 1 aromatic rings. The van der Waals surface area contributed by atoms with E-state index in [1.54, 1.807) is 0 Å². The second kappa shape index (κ2) is 4.57. The van der Waals surface area contributed by atoms with E-state index in [0.717, 1.165) is 12.1 Å². The van der Waals surface area contributed by atoms with Gasteiger partial charge in [0.25, 0.3) is 0 Å². The van der Waals surface area contributed by atoms with Gasteiger partial charge in [0.05, 0.1) is 6.54 Å². The first-order chi connectivity index (χ1) is 6.59. The first-order valence-corrected chi connectivity index (χ1v) is 3.99. The summed E-state index contributed by atoms with van der Waals surface area (Å²) in [6.07, 6.45) is 0. The van der Waals surface area contributed by atoms with E-state index in [1.807, 2.05) is 0 Å². The third-order valence-electron chi connectivity index (χ3n) is 1.63. The highest BCUT2D eigenvalue weighted by Crippen LogP contribution is 2.17. The van der Waals surface area contributed by atoms with E-state index >= 15 is 0 Å². The zero-order chi connectivity index (χ0) is 10.6. The third-order valence-corrected chi connectivity index (χ3v) is 1.63. The molecule has 0 saturated carbocycles. The lowest BCUT2D eigenvalue weighted by Crippen LogP contribution is -2.21. The van der Waals surface area contributed by atoms with Gasteiger partial charge in [0.1, 0.15) is 11.6 Å². The SMILES string of the molecule is O=C(O)CNCc1cc(F)ccc1O. The average Bonchev–Trinajstić information content (AvgIpc) is 2.10. The van der Waals surface area contributed by atoms with E-state index in [2.05, 4.69) is 5.32 Å². The lowest BCUT2D eigenvalue weighted by molar-refractivity contribution is -0.136. The molecule has 0 spiro atoms. The maximum absolute atomic E-state index is 12.7. The number of phenolic OH excluding ortho intramolecular Hbond substituents is 1. The van der Waals surface area contributed by atoms with E-state index in [-0.39, 0.29) is 18.8 Å². The number of aromatic hydroxyl groups is 1. The molecule has 0 atom stereocenters. The predicted octanol–water partition coefficient (Wildman–Crippen LogP) is 0.705. The molecular formula is C9H10FNO3. The van der Waals surface area contributed by atoms with E-state index < -0.39 is 11.8 Å². The molecule has 0 bridgehead atoms. The number of nitrogens with one attached hydrogen (secondary N) is 1. The van der Waals surface area contributed by atoms with E-state index in [0.29, 0.717) is 5.56 Å². The van der Waals surface area contributed by atoms with Crippen LogP contribution in [0.2, 0.25) is 0 Å². The summed E-state index contributed by atoms with van der Waals surface area (Å²) < 4.78 is 12.7. The Balaban J connectivity index is 2.57. The molecule has 0 unspecified atom stereocenters. The van der Waals surface area contributed by atoms with Crippen LogP contribution in [-0.2, 0) is 11.3 Å². The molecule has 0 radical (unpaired) electrons. The van der Waals surface area contributed by atoms with Crippen LogP contribution in [0.3, 0.4) is 0 Å². The van der Waals surface area contributed by atoms with Crippen LogP contribution in [0.5, 0.6) is 5.75 Å². The van der Waals surface area contributed by atoms with Crippen LogP contribution in [0.25, 0.3) is 0 Å². The van der Waals surface area contributed by atoms with Crippen molar-refractivity contribution in [2.75, 3.05) is 6.54 Å². The maximum atomic E-state index is 12.7. The Labute approximate surface area is 80.0 Å². The quantitative estimate of drug-likeness (QED) is 0.667. The number of carboxylic acids is 1. The molecule has 76 valence electrons. The number of hydrogen-bond acceptors (Lipinski definition) is 3. The molecule has 0 aromatic heterocycles. The summed E-state index contributed by atoms with van der Waals surface area (Å²) in [7, 11) is 0. The van der Waals surface area contributed by atoms with Crippen molar-refractivity contribution in [1.29, 1.82) is 0 Å². The topological polar surface area (TPSA) is 69.6 Å². The van der Waals surface area contributed by atoms with Crippen LogP contribution in [0, 0.1) is 5.82 Å². The van der Waals surface area contributed by atoms with Crippen molar-refractivity contribution in [1.82, 2.24) is 5.32 Å². The van der Waals surface area contributed by atoms with Crippen molar-refractivity contribution in [2.45, 2.75) is 6.54 Å². The summed E-state index contributed by atoms with van der Waals surface area (Å²) in [6, 6.07) is 3.52. The fraction of sp³-hybridized carbons (Fsp3) is 0.222. The molecule has 0 amide bonds. The Hall–Kier alpha value is -1.62. The van der Waals surface area contributed by atoms with E-state index in [9.17, 15) is 14.3 Å². The van der Waals surface area contributed by atoms with Gasteiger partial charge in [-0.05, 0) is 18.2 Å². The van der Waals surface area contributed by atoms with Crippen molar-refractivity contribution < 1.29 is 19.4 Å². The smallest absolute Gasteiger partial charge is 0.317 e. The van der Waals surface area contributed by atoms with Gasteiger partial charge in [-0.3, -0.25) is 4.79 Å². The lowest BCUT2D eigenvalue weighted by atomic mass is 10.2. The summed E-state index contributed by atoms with van der Waals surface area (Å²) in [5, 5.41) is 20.1. The second-order valence-electron chi connectivity index (χ2n) is 2.77. The third kappa shape index (κ3) is 3.02. The van der Waals surface area contributed by atoms with Crippen LogP contribution in [-0.4, -0.2) is 22.7 Å². The molecule has 14 heavy (non-hydrogen) atoms. The molecule has 1 rings (SSSR count). The Morgan fingerprint density at radius 3 is 2.86 bits per heavy atom. The highest BCUT2D eigenvalue weighted by atomic mass is 19.1. The largest absolute Gasteiger partial charge is 0.508 e. The maximum Gasteiger partial charge on any atom is 0.317 e. The van der Waals surface area contributed by atoms with Gasteiger partial charge < -0.3 is 15.5 Å². The summed E-state index contributed by atoms with van der Waals surface area (Å²) in [4.78, 5) is 10.1. The molecule has 0 fully saturated rings. The highest BCUT2D eigenvalue weighted by molar-refractivity contribution is 5.69. The average molecular weight is 199 g/mol. The number of benzene rings is 1. The predicted molar refractivity (Wildman–Crippen MR) is 47.4 cm³/mol. The number of rotatable bonds is 4. The first-order valence-electron chi connectivity index (χ1n) is 3.99. The number of carbonyl (C=O) groups is 1. The molecule has 0 aliphatic rings. The fourth-order valence-electron chi connectivity index (χ4n) is 1.000. The lowest BCUT2D eigenvalue weighted by Gasteiger charge is -2.04. The van der Waals surface area contributed by atoms with Crippen LogP contribution in [0.4, 0.5) is 4.39 Å². The van der Waals surface area contributed by atoms with Gasteiger partial charge in [0.2, 0.25) is 0 Å². The number of phenols is 1. The van der Waals surface area contributed by atoms with Crippen molar-refractivity contribution >= 4 is 5.97 Å². The van der Waals surface area contributed by atoms with Crippen LogP contribution in [0.1, 0.15) is 5.56 Å². The summed E-state index contributed by atoms with van der Waals surface area (Å²) >= 11 is 0. The van der Waals surface area contributed by atoms with Crippen molar-refractivity contribution in [2.24, 2.45) is 0 Å². The van der Waals surface area contributed by atoms with Crippen LogP contribution < -0.4 is 5.32 Å². The second-order valence-corrected chi connectivity index (χ2v) is 2.77. The zero-order valence-corrected chi connectivity index (χ0v) is 7.33. The van der Waals surface area contributed by atoms with Crippen LogP contribution in [0.15, 0.2) is 18.2 Å². The van der Waals surface area contributed by atoms with Gasteiger partial charge >= 0.3 is 5.97 Å². The van der Waals surface area contributed by atoms with E-state index in [1.165, 1.54) is 6.07 Å². The van der Waals surface area contributed by atoms with Gasteiger partial charge in [-0.25, -0.2) is 4.39 Å². The summed E-state index contributed by atoms with van der Waals surface area (Å²) in [5.74, 6) is -1.51. The van der Waals surface area contributed by atoms with Gasteiger partial charge in [0, 0.05) is 12.1 Å². The molecule has 0 heterocycles. The van der Waals surface area contributed by atoms with Gasteiger partial charge in [-0.1, -0.05) is 0 Å². The fourth-order valence-corrected chi connectivity index (χ4v) is 1.000. The van der Waals surface area contributed by atoms with Crippen molar-refractivity contribution in [3.8, 4) is 5.75 Å². The molecule has 1 aromatic carbocycles. The van der Waals surface area contributed by atoms with Crippen molar-refractivity contribution in [3.05, 3.63) is 29.6 Å². The minimum absolute atomic E-state index is 0.0516. The van der Waals surface area contributed by atoms with Gasteiger partial charge in [0.15, 0.2) is 0 Å². The van der Waals surface area contributed by atoms with E-state index in [4.69, 9.17) is 5.11 Å². The Morgan fingerprint density at radius 1 is 1.50 bits per heavy atom. The standard InChI is InChI=1S/C9H10FNO3/c10-7-1-2-8(12)6(3-7)4-11-5-9(13)14/h1-3,11-12H,4-5H2,(H,13,14). The van der Waals surface area contributed by atoms with Gasteiger partial charge in [-0.2, -0.15) is 0 Å². The minimum atomic E-state index is -0.999. The summed E-state index contributed by atoms with van der Waals surface area (Å²) in [5.41, 5.74) is 0.339. The van der Waals surface area contributed by atoms with Gasteiger partial charge in [-0.15, -0.1) is 0 Å². The molecular weight excluding hydrogens is 189 g/mol. The Kier molecular flexibility index (Phi) is 3.41. The van der Waals surface area contributed by atoms with Crippen molar-refractivity contribution in [3.63, 3.8) is 0 Å². The molecule has 0 aliphatic heterocycles. The Morgan fingerprint density at radius 2 is 2.21 bits per heavy atom. The highest BCUT2D eigenvalue weighted by Gasteiger charge is 2.03. The summed E-state index contributed by atoms with van der Waals surface area (Å²) in [6.45, 7) is -0.105. The minimum Gasteiger partial charge on any atom is -0.508 e. The van der Waals surface area contributed by atoms with Crippen LogP contribution >= 0.6 is 0 Å². The number of carboxylic acid groups (broad SMARTS) is 1. The molecule has 5 heteroatoms. The number of aliphatic carboxylic acids is 1. The monoisotopic (exact) mass is 199 g/mol. The zero-order valence-electron chi connectivity index (χ0n) is 7.33. The Bertz CT molecular complexity index is 341. The number of halogens is 1. The molecule has 0 aliphatic carbocycles. The first kappa shape index (κ1) is 10.5.